The average Bonchev–Trinajstić information content (AvgIpc) is 2.87. The summed E-state index contributed by atoms with van der Waals surface area (Å²) in [5.74, 6) is 0.590. The number of nitrogens with zero attached hydrogens (tertiary/aromatic N) is 4. The van der Waals surface area contributed by atoms with Crippen molar-refractivity contribution in [1.82, 2.24) is 14.8 Å². The molecule has 0 amide bonds. The summed E-state index contributed by atoms with van der Waals surface area (Å²) >= 11 is 3.26. The molecule has 0 unspecified atom stereocenters. The van der Waals surface area contributed by atoms with Crippen molar-refractivity contribution >= 4 is 15.9 Å². The summed E-state index contributed by atoms with van der Waals surface area (Å²) in [5.41, 5.74) is 1.17. The molecule has 0 bridgehead atoms. The quantitative estimate of drug-likeness (QED) is 0.811. The van der Waals surface area contributed by atoms with Crippen molar-refractivity contribution in [2.24, 2.45) is 0 Å². The van der Waals surface area contributed by atoms with Crippen molar-refractivity contribution in [1.29, 1.82) is 5.26 Å². The van der Waals surface area contributed by atoms with Crippen molar-refractivity contribution in [2.45, 2.75) is 18.4 Å². The zero-order valence-corrected chi connectivity index (χ0v) is 10.5. The van der Waals surface area contributed by atoms with Gasteiger partial charge in [-0.3, -0.25) is 0 Å². The van der Waals surface area contributed by atoms with Gasteiger partial charge in [-0.1, -0.05) is 30.3 Å². The lowest BCUT2D eigenvalue weighted by atomic mass is 10.00. The molecular formula is C12H9BrN4. The Morgan fingerprint density at radius 1 is 1.35 bits per heavy atom. The number of halogens is 1. The van der Waals surface area contributed by atoms with E-state index in [9.17, 15) is 0 Å². The van der Waals surface area contributed by atoms with Gasteiger partial charge in [-0.25, -0.2) is 9.67 Å². The standard InChI is InChI=1S/C12H9BrN4/c13-12-15-11-9(7-14)6-10(17(11)16-12)8-4-2-1-3-5-8/h1-5,9-10H,6H2/t9-,10+/m1/s1. The van der Waals surface area contributed by atoms with E-state index in [2.05, 4.69) is 44.2 Å². The summed E-state index contributed by atoms with van der Waals surface area (Å²) < 4.78 is 2.40. The van der Waals surface area contributed by atoms with Crippen LogP contribution in [0.15, 0.2) is 35.1 Å². The molecule has 2 heterocycles. The fraction of sp³-hybridized carbons (Fsp3) is 0.250. The van der Waals surface area contributed by atoms with Crippen LogP contribution in [0.2, 0.25) is 0 Å². The van der Waals surface area contributed by atoms with Crippen molar-refractivity contribution in [2.75, 3.05) is 0 Å². The number of hydrogen-bond acceptors (Lipinski definition) is 3. The first-order chi connectivity index (χ1) is 8.29. The molecule has 1 aromatic heterocycles. The SMILES string of the molecule is N#C[C@H]1C[C@@H](c2ccccc2)n2nc(Br)nc21. The van der Waals surface area contributed by atoms with Crippen LogP contribution in [0.5, 0.6) is 0 Å². The molecule has 2 aromatic rings. The fourth-order valence-electron chi connectivity index (χ4n) is 2.27. The monoisotopic (exact) mass is 288 g/mol. The third-order valence-electron chi connectivity index (χ3n) is 3.04. The summed E-state index contributed by atoms with van der Waals surface area (Å²) in [7, 11) is 0. The van der Waals surface area contributed by atoms with Crippen LogP contribution >= 0.6 is 15.9 Å². The highest BCUT2D eigenvalue weighted by molar-refractivity contribution is 9.10. The van der Waals surface area contributed by atoms with E-state index < -0.39 is 0 Å². The van der Waals surface area contributed by atoms with E-state index in [0.717, 1.165) is 12.2 Å². The van der Waals surface area contributed by atoms with Crippen LogP contribution in [0.3, 0.4) is 0 Å². The van der Waals surface area contributed by atoms with Gasteiger partial charge in [-0.05, 0) is 27.9 Å². The Hall–Kier alpha value is -1.67. The molecule has 3 rings (SSSR count). The van der Waals surface area contributed by atoms with Gasteiger partial charge in [0.2, 0.25) is 4.73 Å². The van der Waals surface area contributed by atoms with Gasteiger partial charge in [-0.2, -0.15) is 5.26 Å². The van der Waals surface area contributed by atoms with Gasteiger partial charge in [0.1, 0.15) is 11.7 Å². The molecule has 4 nitrogen and oxygen atoms in total. The number of benzene rings is 1. The van der Waals surface area contributed by atoms with Crippen LogP contribution < -0.4 is 0 Å². The summed E-state index contributed by atoms with van der Waals surface area (Å²) in [6, 6.07) is 12.5. The molecule has 0 aliphatic carbocycles. The number of fused-ring (bicyclic) bond motifs is 1. The largest absolute Gasteiger partial charge is 0.240 e. The van der Waals surface area contributed by atoms with Gasteiger partial charge in [0.25, 0.3) is 0 Å². The maximum Gasteiger partial charge on any atom is 0.217 e. The van der Waals surface area contributed by atoms with Crippen LogP contribution in [-0.2, 0) is 0 Å². The van der Waals surface area contributed by atoms with Gasteiger partial charge >= 0.3 is 0 Å². The maximum absolute atomic E-state index is 9.14. The number of hydrogen-bond donors (Lipinski definition) is 0. The highest BCUT2D eigenvalue weighted by Gasteiger charge is 2.34. The molecule has 0 saturated carbocycles. The van der Waals surface area contributed by atoms with E-state index in [1.165, 1.54) is 5.56 Å². The van der Waals surface area contributed by atoms with E-state index in [1.54, 1.807) is 0 Å². The Bertz CT molecular complexity index is 584. The Morgan fingerprint density at radius 2 is 2.12 bits per heavy atom. The van der Waals surface area contributed by atoms with Gasteiger partial charge in [0, 0.05) is 0 Å². The Labute approximate surface area is 107 Å². The minimum absolute atomic E-state index is 0.120. The van der Waals surface area contributed by atoms with Crippen molar-refractivity contribution in [3.8, 4) is 6.07 Å². The first-order valence-corrected chi connectivity index (χ1v) is 6.15. The average molecular weight is 289 g/mol. The molecule has 1 aromatic carbocycles. The first-order valence-electron chi connectivity index (χ1n) is 5.36. The van der Waals surface area contributed by atoms with Gasteiger partial charge in [-0.15, -0.1) is 5.10 Å². The Morgan fingerprint density at radius 3 is 2.82 bits per heavy atom. The summed E-state index contributed by atoms with van der Waals surface area (Å²) in [6.45, 7) is 0. The van der Waals surface area contributed by atoms with E-state index in [1.807, 2.05) is 22.9 Å². The Kier molecular flexibility index (Phi) is 2.45. The molecule has 0 N–H and O–H groups in total. The summed E-state index contributed by atoms with van der Waals surface area (Å²) in [6.07, 6.45) is 0.753. The van der Waals surface area contributed by atoms with Crippen LogP contribution in [0, 0.1) is 11.3 Å². The van der Waals surface area contributed by atoms with Crippen LogP contribution in [0.4, 0.5) is 0 Å². The number of nitriles is 1. The molecule has 5 heteroatoms. The van der Waals surface area contributed by atoms with Gasteiger partial charge < -0.3 is 0 Å². The lowest BCUT2D eigenvalue weighted by Crippen LogP contribution is -2.07. The highest BCUT2D eigenvalue weighted by atomic mass is 79.9. The van der Waals surface area contributed by atoms with Crippen molar-refractivity contribution in [3.05, 3.63) is 46.5 Å². The predicted octanol–water partition coefficient (Wildman–Crippen LogP) is 2.64. The smallest absolute Gasteiger partial charge is 0.217 e. The molecule has 84 valence electrons. The van der Waals surface area contributed by atoms with Crippen molar-refractivity contribution in [3.63, 3.8) is 0 Å². The normalized spacial score (nSPS) is 22.1. The van der Waals surface area contributed by atoms with Crippen LogP contribution in [0.25, 0.3) is 0 Å². The van der Waals surface area contributed by atoms with E-state index in [4.69, 9.17) is 5.26 Å². The maximum atomic E-state index is 9.14. The van der Waals surface area contributed by atoms with E-state index >= 15 is 0 Å². The molecule has 0 spiro atoms. The third-order valence-corrected chi connectivity index (χ3v) is 3.37. The van der Waals surface area contributed by atoms with Crippen LogP contribution in [0.1, 0.15) is 29.8 Å². The lowest BCUT2D eigenvalue weighted by molar-refractivity contribution is 0.547. The second-order valence-electron chi connectivity index (χ2n) is 4.03. The Balaban J connectivity index is 2.08. The fourth-order valence-corrected chi connectivity index (χ4v) is 2.62. The van der Waals surface area contributed by atoms with Crippen LogP contribution in [-0.4, -0.2) is 14.8 Å². The highest BCUT2D eigenvalue weighted by Crippen LogP contribution is 2.38. The molecule has 0 fully saturated rings. The van der Waals surface area contributed by atoms with Crippen molar-refractivity contribution < 1.29 is 0 Å². The second-order valence-corrected chi connectivity index (χ2v) is 4.74. The summed E-state index contributed by atoms with van der Waals surface area (Å²) in [5, 5.41) is 13.5. The molecule has 17 heavy (non-hydrogen) atoms. The van der Waals surface area contributed by atoms with Gasteiger partial charge in [0.15, 0.2) is 0 Å². The molecule has 0 radical (unpaired) electrons. The predicted molar refractivity (Wildman–Crippen MR) is 65.3 cm³/mol. The summed E-state index contributed by atoms with van der Waals surface area (Å²) in [4.78, 5) is 4.27. The number of aromatic nitrogens is 3. The zero-order chi connectivity index (χ0) is 11.8. The third kappa shape index (κ3) is 1.65. The molecular weight excluding hydrogens is 280 g/mol. The topological polar surface area (TPSA) is 54.5 Å². The second kappa shape index (κ2) is 3.97. The molecule has 1 aliphatic rings. The minimum atomic E-state index is -0.168. The van der Waals surface area contributed by atoms with E-state index in [-0.39, 0.29) is 12.0 Å². The minimum Gasteiger partial charge on any atom is -0.240 e. The molecule has 0 saturated heterocycles. The molecule has 1 aliphatic heterocycles. The first kappa shape index (κ1) is 10.5. The van der Waals surface area contributed by atoms with Gasteiger partial charge in [0.05, 0.1) is 12.1 Å². The van der Waals surface area contributed by atoms with E-state index in [0.29, 0.717) is 4.73 Å². The zero-order valence-electron chi connectivity index (χ0n) is 8.92. The number of rotatable bonds is 1. The molecule has 2 atom stereocenters. The lowest BCUT2D eigenvalue weighted by Gasteiger charge is -2.11.